The molecule has 0 spiro atoms. The summed E-state index contributed by atoms with van der Waals surface area (Å²) in [4.78, 5) is 25.8. The van der Waals surface area contributed by atoms with E-state index in [9.17, 15) is 9.59 Å². The van der Waals surface area contributed by atoms with Crippen molar-refractivity contribution in [2.75, 3.05) is 7.11 Å². The third kappa shape index (κ3) is 4.49. The first-order valence-corrected chi connectivity index (χ1v) is 11.5. The summed E-state index contributed by atoms with van der Waals surface area (Å²) in [5, 5.41) is 7.85. The van der Waals surface area contributed by atoms with Gasteiger partial charge in [0, 0.05) is 12.2 Å². The number of hydrogen-bond donors (Lipinski definition) is 1. The van der Waals surface area contributed by atoms with Crippen molar-refractivity contribution in [1.82, 2.24) is 15.1 Å². The van der Waals surface area contributed by atoms with Crippen LogP contribution in [0, 0.1) is 5.92 Å². The average Bonchev–Trinajstić information content (AvgIpc) is 3.41. The average molecular weight is 488 g/mol. The fraction of sp³-hybridized carbons (Fsp3) is 0.318. The normalized spacial score (nSPS) is 18.7. The number of amides is 1. The molecule has 2 heterocycles. The van der Waals surface area contributed by atoms with E-state index in [-0.39, 0.29) is 23.8 Å². The molecule has 1 aliphatic carbocycles. The Labute approximate surface area is 187 Å². The summed E-state index contributed by atoms with van der Waals surface area (Å²) in [6.07, 6.45) is 4.77. The second kappa shape index (κ2) is 9.14. The minimum Gasteiger partial charge on any atom is -0.469 e. The number of aromatic nitrogens is 2. The van der Waals surface area contributed by atoms with Crippen LogP contribution in [0.1, 0.15) is 36.0 Å². The van der Waals surface area contributed by atoms with E-state index in [1.54, 1.807) is 22.2 Å². The van der Waals surface area contributed by atoms with E-state index in [0.29, 0.717) is 11.3 Å². The summed E-state index contributed by atoms with van der Waals surface area (Å²) >= 11 is 5.03. The number of carbonyl (C=O) groups excluding carboxylic acids is 2. The highest BCUT2D eigenvalue weighted by atomic mass is 79.9. The van der Waals surface area contributed by atoms with Crippen LogP contribution < -0.4 is 5.32 Å². The summed E-state index contributed by atoms with van der Waals surface area (Å²) in [7, 11) is 1.42. The van der Waals surface area contributed by atoms with E-state index in [1.165, 1.54) is 7.11 Å². The molecule has 1 aromatic carbocycles. The van der Waals surface area contributed by atoms with Crippen molar-refractivity contribution in [2.45, 2.75) is 31.7 Å². The molecule has 1 aliphatic rings. The molecule has 30 heavy (non-hydrogen) atoms. The van der Waals surface area contributed by atoms with Crippen LogP contribution in [0.15, 0.2) is 52.4 Å². The molecule has 0 atom stereocenters. The topological polar surface area (TPSA) is 73.2 Å². The molecule has 8 heteroatoms. The van der Waals surface area contributed by atoms with Crippen molar-refractivity contribution in [1.29, 1.82) is 0 Å². The van der Waals surface area contributed by atoms with Gasteiger partial charge in [-0.25, -0.2) is 4.68 Å². The molecule has 0 bridgehead atoms. The van der Waals surface area contributed by atoms with E-state index in [1.807, 2.05) is 42.5 Å². The highest BCUT2D eigenvalue weighted by Gasteiger charge is 2.29. The van der Waals surface area contributed by atoms with Gasteiger partial charge in [0.15, 0.2) is 0 Å². The van der Waals surface area contributed by atoms with Gasteiger partial charge >= 0.3 is 5.97 Å². The third-order valence-corrected chi connectivity index (χ3v) is 7.01. The number of esters is 1. The molecule has 2 aromatic heterocycles. The highest BCUT2D eigenvalue weighted by Crippen LogP contribution is 2.33. The molecule has 1 N–H and O–H groups in total. The molecular weight excluding hydrogens is 466 g/mol. The number of methoxy groups -OCH3 is 1. The Kier molecular flexibility index (Phi) is 6.34. The molecule has 0 unspecified atom stereocenters. The van der Waals surface area contributed by atoms with Crippen molar-refractivity contribution in [3.05, 3.63) is 58.0 Å². The Morgan fingerprint density at radius 3 is 2.50 bits per heavy atom. The lowest BCUT2D eigenvalue weighted by molar-refractivity contribution is -0.146. The van der Waals surface area contributed by atoms with Gasteiger partial charge in [0.05, 0.1) is 32.9 Å². The van der Waals surface area contributed by atoms with Crippen LogP contribution in [0.3, 0.4) is 0 Å². The van der Waals surface area contributed by atoms with E-state index in [2.05, 4.69) is 21.2 Å². The van der Waals surface area contributed by atoms with Crippen molar-refractivity contribution in [3.63, 3.8) is 0 Å². The zero-order chi connectivity index (χ0) is 21.1. The fourth-order valence-electron chi connectivity index (χ4n) is 3.78. The zero-order valence-corrected chi connectivity index (χ0v) is 18.9. The first-order valence-electron chi connectivity index (χ1n) is 9.84. The molecule has 1 fully saturated rings. The van der Waals surface area contributed by atoms with Gasteiger partial charge in [0.2, 0.25) is 0 Å². The maximum Gasteiger partial charge on any atom is 0.308 e. The van der Waals surface area contributed by atoms with Crippen LogP contribution in [0.2, 0.25) is 0 Å². The van der Waals surface area contributed by atoms with Crippen LogP contribution in [0.4, 0.5) is 0 Å². The van der Waals surface area contributed by atoms with Crippen molar-refractivity contribution in [3.8, 4) is 16.3 Å². The number of rotatable bonds is 5. The smallest absolute Gasteiger partial charge is 0.308 e. The summed E-state index contributed by atoms with van der Waals surface area (Å²) in [6.45, 7) is 0. The van der Waals surface area contributed by atoms with Crippen LogP contribution in [-0.4, -0.2) is 34.8 Å². The van der Waals surface area contributed by atoms with E-state index in [4.69, 9.17) is 9.84 Å². The predicted molar refractivity (Wildman–Crippen MR) is 120 cm³/mol. The van der Waals surface area contributed by atoms with Crippen LogP contribution in [-0.2, 0) is 9.53 Å². The van der Waals surface area contributed by atoms with Crippen molar-refractivity contribution >= 4 is 39.1 Å². The SMILES string of the molecule is COC(=O)C1CCC(NC(=O)c2cn(-c3ccccc3)nc2-c2ccc(Br)s2)CC1. The van der Waals surface area contributed by atoms with Crippen LogP contribution in [0.25, 0.3) is 16.3 Å². The third-order valence-electron chi connectivity index (χ3n) is 5.38. The number of nitrogens with one attached hydrogen (secondary N) is 1. The van der Waals surface area contributed by atoms with Gasteiger partial charge in [0.25, 0.3) is 5.91 Å². The Hall–Kier alpha value is -2.45. The van der Waals surface area contributed by atoms with Gasteiger partial charge in [-0.15, -0.1) is 11.3 Å². The molecule has 3 aromatic rings. The molecule has 156 valence electrons. The minimum absolute atomic E-state index is 0.0430. The molecule has 0 saturated heterocycles. The number of carbonyl (C=O) groups is 2. The monoisotopic (exact) mass is 487 g/mol. The second-order valence-corrected chi connectivity index (χ2v) is 9.78. The quantitative estimate of drug-likeness (QED) is 0.523. The van der Waals surface area contributed by atoms with Gasteiger partial charge in [-0.1, -0.05) is 18.2 Å². The Morgan fingerprint density at radius 2 is 1.87 bits per heavy atom. The van der Waals surface area contributed by atoms with Gasteiger partial charge in [-0.05, 0) is 65.9 Å². The molecular formula is C22H22BrN3O3S. The highest BCUT2D eigenvalue weighted by molar-refractivity contribution is 9.11. The van der Waals surface area contributed by atoms with Crippen LogP contribution in [0.5, 0.6) is 0 Å². The lowest BCUT2D eigenvalue weighted by Crippen LogP contribution is -2.39. The first kappa shape index (κ1) is 20.8. The van der Waals surface area contributed by atoms with Crippen molar-refractivity contribution in [2.24, 2.45) is 5.92 Å². The minimum atomic E-state index is -0.158. The van der Waals surface area contributed by atoms with Gasteiger partial charge in [-0.2, -0.15) is 5.10 Å². The number of benzene rings is 1. The van der Waals surface area contributed by atoms with E-state index >= 15 is 0 Å². The largest absolute Gasteiger partial charge is 0.469 e. The van der Waals surface area contributed by atoms with Gasteiger partial charge < -0.3 is 10.1 Å². The number of nitrogens with zero attached hydrogens (tertiary/aromatic N) is 2. The Bertz CT molecular complexity index is 1040. The maximum atomic E-state index is 13.2. The van der Waals surface area contributed by atoms with E-state index < -0.39 is 0 Å². The summed E-state index contributed by atoms with van der Waals surface area (Å²) in [5.41, 5.74) is 2.10. The number of halogens is 1. The standard InChI is InChI=1S/C22H22BrN3O3S/c1-29-22(28)14-7-9-15(10-8-14)24-21(27)17-13-26(16-5-3-2-4-6-16)25-20(17)18-11-12-19(23)30-18/h2-6,11-15H,7-10H2,1H3,(H,24,27). The molecule has 1 saturated carbocycles. The molecule has 1 amide bonds. The summed E-state index contributed by atoms with van der Waals surface area (Å²) in [6, 6.07) is 13.7. The predicted octanol–water partition coefficient (Wildman–Crippen LogP) is 4.82. The van der Waals surface area contributed by atoms with E-state index in [0.717, 1.165) is 40.0 Å². The zero-order valence-electron chi connectivity index (χ0n) is 16.5. The van der Waals surface area contributed by atoms with Crippen LogP contribution >= 0.6 is 27.3 Å². The lowest BCUT2D eigenvalue weighted by atomic mass is 9.86. The molecule has 4 rings (SSSR count). The Balaban J connectivity index is 1.56. The summed E-state index contributed by atoms with van der Waals surface area (Å²) < 4.78 is 7.57. The maximum absolute atomic E-state index is 13.2. The number of ether oxygens (including phenoxy) is 1. The Morgan fingerprint density at radius 1 is 1.13 bits per heavy atom. The van der Waals surface area contributed by atoms with Gasteiger partial charge in [-0.3, -0.25) is 9.59 Å². The second-order valence-electron chi connectivity index (χ2n) is 7.32. The number of para-hydroxylation sites is 1. The fourth-order valence-corrected chi connectivity index (χ4v) is 5.16. The number of thiophene rings is 1. The number of hydrogen-bond acceptors (Lipinski definition) is 5. The molecule has 6 nitrogen and oxygen atoms in total. The van der Waals surface area contributed by atoms with Crippen molar-refractivity contribution < 1.29 is 14.3 Å². The first-order chi connectivity index (χ1) is 14.5. The molecule has 0 aliphatic heterocycles. The van der Waals surface area contributed by atoms with Gasteiger partial charge in [0.1, 0.15) is 5.69 Å². The molecule has 0 radical (unpaired) electrons. The lowest BCUT2D eigenvalue weighted by Gasteiger charge is -2.27. The summed E-state index contributed by atoms with van der Waals surface area (Å²) in [5.74, 6) is -0.365.